The fourth-order valence-corrected chi connectivity index (χ4v) is 4.69. The molecule has 28 heavy (non-hydrogen) atoms. The van der Waals surface area contributed by atoms with E-state index in [2.05, 4.69) is 39.0 Å². The molecule has 0 unspecified atom stereocenters. The van der Waals surface area contributed by atoms with Gasteiger partial charge in [0.2, 0.25) is 0 Å². The monoisotopic (exact) mass is 373 g/mol. The molecule has 0 saturated heterocycles. The molecule has 0 radical (unpaired) electrons. The maximum atomic E-state index is 6.55. The summed E-state index contributed by atoms with van der Waals surface area (Å²) in [6, 6.07) is 12.4. The Bertz CT molecular complexity index is 1070. The Morgan fingerprint density at radius 3 is 2.57 bits per heavy atom. The predicted molar refractivity (Wildman–Crippen MR) is 112 cm³/mol. The number of para-hydroxylation sites is 1. The summed E-state index contributed by atoms with van der Waals surface area (Å²) in [5.74, 6) is 2.12. The second-order valence-electron chi connectivity index (χ2n) is 8.43. The Balaban J connectivity index is 1.44. The molecule has 1 spiro atoms. The minimum atomic E-state index is 0.119. The summed E-state index contributed by atoms with van der Waals surface area (Å²) in [5, 5.41) is 1.16. The quantitative estimate of drug-likeness (QED) is 0.565. The number of hydrogen-bond acceptors (Lipinski definition) is 3. The number of fused-ring (bicyclic) bond motifs is 2. The van der Waals surface area contributed by atoms with E-state index in [1.807, 2.05) is 18.2 Å². The van der Waals surface area contributed by atoms with E-state index in [0.29, 0.717) is 6.61 Å². The van der Waals surface area contributed by atoms with Crippen LogP contribution in [0, 0.1) is 20.8 Å². The summed E-state index contributed by atoms with van der Waals surface area (Å²) >= 11 is 0. The molecule has 144 valence electrons. The zero-order chi connectivity index (χ0) is 19.3. The highest BCUT2D eigenvalue weighted by molar-refractivity contribution is 5.78. The number of benzene rings is 2. The Morgan fingerprint density at radius 1 is 0.964 bits per heavy atom. The molecule has 0 bridgehead atoms. The fourth-order valence-electron chi connectivity index (χ4n) is 4.69. The SMILES string of the molecule is Cc1c(C)c2c(c(C)c1OCc1ccc3ccccc3n1)CCC1(CCC1)O2. The van der Waals surface area contributed by atoms with Crippen LogP contribution in [0.25, 0.3) is 10.9 Å². The Labute approximate surface area is 166 Å². The van der Waals surface area contributed by atoms with Crippen LogP contribution in [0.1, 0.15) is 53.6 Å². The lowest BCUT2D eigenvalue weighted by atomic mass is 9.73. The Hall–Kier alpha value is -2.55. The third-order valence-corrected chi connectivity index (χ3v) is 6.75. The Kier molecular flexibility index (Phi) is 4.08. The largest absolute Gasteiger partial charge is 0.487 e. The maximum Gasteiger partial charge on any atom is 0.130 e. The highest BCUT2D eigenvalue weighted by Crippen LogP contribution is 2.49. The van der Waals surface area contributed by atoms with Crippen LogP contribution in [0.4, 0.5) is 0 Å². The fraction of sp³-hybridized carbons (Fsp3) is 0.400. The van der Waals surface area contributed by atoms with Crippen molar-refractivity contribution in [3.8, 4) is 11.5 Å². The van der Waals surface area contributed by atoms with Gasteiger partial charge in [0.05, 0.1) is 11.2 Å². The predicted octanol–water partition coefficient (Wildman–Crippen LogP) is 5.99. The van der Waals surface area contributed by atoms with Crippen molar-refractivity contribution < 1.29 is 9.47 Å². The first-order valence-corrected chi connectivity index (χ1v) is 10.4. The first-order chi connectivity index (χ1) is 13.6. The molecular weight excluding hydrogens is 346 g/mol. The minimum Gasteiger partial charge on any atom is -0.487 e. The molecule has 5 rings (SSSR count). The van der Waals surface area contributed by atoms with Crippen LogP contribution in [0.15, 0.2) is 36.4 Å². The number of ether oxygens (including phenoxy) is 2. The maximum absolute atomic E-state index is 6.55. The smallest absolute Gasteiger partial charge is 0.130 e. The Morgan fingerprint density at radius 2 is 1.79 bits per heavy atom. The van der Waals surface area contributed by atoms with E-state index in [4.69, 9.17) is 14.5 Å². The molecule has 1 fully saturated rings. The van der Waals surface area contributed by atoms with Gasteiger partial charge in [-0.2, -0.15) is 0 Å². The van der Waals surface area contributed by atoms with E-state index in [9.17, 15) is 0 Å². The average molecular weight is 373 g/mol. The van der Waals surface area contributed by atoms with Crippen molar-refractivity contribution in [1.29, 1.82) is 0 Å². The summed E-state index contributed by atoms with van der Waals surface area (Å²) in [5.41, 5.74) is 7.07. The van der Waals surface area contributed by atoms with Crippen LogP contribution in [-0.2, 0) is 13.0 Å². The lowest BCUT2D eigenvalue weighted by Crippen LogP contribution is -2.46. The molecule has 0 N–H and O–H groups in total. The van der Waals surface area contributed by atoms with Gasteiger partial charge in [-0.05, 0) is 81.7 Å². The van der Waals surface area contributed by atoms with Crippen LogP contribution < -0.4 is 9.47 Å². The molecule has 2 aromatic carbocycles. The highest BCUT2D eigenvalue weighted by atomic mass is 16.5. The zero-order valence-electron chi connectivity index (χ0n) is 17.0. The van der Waals surface area contributed by atoms with Gasteiger partial charge in [-0.15, -0.1) is 0 Å². The summed E-state index contributed by atoms with van der Waals surface area (Å²) < 4.78 is 12.9. The van der Waals surface area contributed by atoms with E-state index in [-0.39, 0.29) is 5.60 Å². The van der Waals surface area contributed by atoms with E-state index < -0.39 is 0 Å². The van der Waals surface area contributed by atoms with Gasteiger partial charge in [-0.1, -0.05) is 24.3 Å². The standard InChI is InChI=1S/C25H27NO2/c1-16-17(2)24-21(11-14-25(28-24)12-6-13-25)18(3)23(16)27-15-20-10-9-19-7-4-5-8-22(19)26-20/h4-5,7-10H,6,11-15H2,1-3H3. The summed E-state index contributed by atoms with van der Waals surface area (Å²) in [4.78, 5) is 4.75. The molecule has 2 aliphatic rings. The van der Waals surface area contributed by atoms with Gasteiger partial charge in [-0.3, -0.25) is 0 Å². The van der Waals surface area contributed by atoms with Crippen LogP contribution in [0.2, 0.25) is 0 Å². The lowest BCUT2D eigenvalue weighted by Gasteiger charge is -2.46. The molecule has 3 heteroatoms. The van der Waals surface area contributed by atoms with Crippen LogP contribution >= 0.6 is 0 Å². The number of aromatic nitrogens is 1. The normalized spacial score (nSPS) is 17.1. The molecule has 1 aromatic heterocycles. The van der Waals surface area contributed by atoms with Gasteiger partial charge in [0, 0.05) is 10.9 Å². The van der Waals surface area contributed by atoms with Gasteiger partial charge < -0.3 is 9.47 Å². The summed E-state index contributed by atoms with van der Waals surface area (Å²) in [7, 11) is 0. The van der Waals surface area contributed by atoms with E-state index in [1.54, 1.807) is 0 Å². The van der Waals surface area contributed by atoms with Crippen LogP contribution in [-0.4, -0.2) is 10.6 Å². The molecule has 1 saturated carbocycles. The summed E-state index contributed by atoms with van der Waals surface area (Å²) in [6.45, 7) is 6.98. The minimum absolute atomic E-state index is 0.119. The molecule has 0 atom stereocenters. The highest BCUT2D eigenvalue weighted by Gasteiger charge is 2.43. The van der Waals surface area contributed by atoms with Crippen molar-refractivity contribution in [2.45, 2.75) is 65.1 Å². The second-order valence-corrected chi connectivity index (χ2v) is 8.43. The van der Waals surface area contributed by atoms with Gasteiger partial charge in [0.1, 0.15) is 23.7 Å². The first kappa shape index (κ1) is 17.5. The molecule has 1 aliphatic carbocycles. The third kappa shape index (κ3) is 2.76. The lowest BCUT2D eigenvalue weighted by molar-refractivity contribution is -0.0258. The molecule has 2 heterocycles. The number of nitrogens with zero attached hydrogens (tertiary/aromatic N) is 1. The van der Waals surface area contributed by atoms with E-state index >= 15 is 0 Å². The zero-order valence-corrected chi connectivity index (χ0v) is 17.0. The number of rotatable bonds is 3. The van der Waals surface area contributed by atoms with Crippen LogP contribution in [0.3, 0.4) is 0 Å². The molecule has 3 aromatic rings. The topological polar surface area (TPSA) is 31.4 Å². The van der Waals surface area contributed by atoms with Crippen LogP contribution in [0.5, 0.6) is 11.5 Å². The third-order valence-electron chi connectivity index (χ3n) is 6.75. The number of pyridine rings is 1. The number of hydrogen-bond donors (Lipinski definition) is 0. The first-order valence-electron chi connectivity index (χ1n) is 10.4. The van der Waals surface area contributed by atoms with Crippen molar-refractivity contribution in [3.05, 3.63) is 64.3 Å². The average Bonchev–Trinajstić information content (AvgIpc) is 2.70. The van der Waals surface area contributed by atoms with Gasteiger partial charge >= 0.3 is 0 Å². The van der Waals surface area contributed by atoms with Crippen molar-refractivity contribution in [3.63, 3.8) is 0 Å². The van der Waals surface area contributed by atoms with Crippen molar-refractivity contribution in [2.75, 3.05) is 0 Å². The van der Waals surface area contributed by atoms with E-state index in [0.717, 1.165) is 40.9 Å². The van der Waals surface area contributed by atoms with Gasteiger partial charge in [0.15, 0.2) is 0 Å². The summed E-state index contributed by atoms with van der Waals surface area (Å²) in [6.07, 6.45) is 5.93. The van der Waals surface area contributed by atoms with Crippen molar-refractivity contribution >= 4 is 10.9 Å². The van der Waals surface area contributed by atoms with E-state index in [1.165, 1.54) is 41.5 Å². The molecular formula is C25H27NO2. The molecule has 3 nitrogen and oxygen atoms in total. The second kappa shape index (κ2) is 6.51. The van der Waals surface area contributed by atoms with Crippen molar-refractivity contribution in [1.82, 2.24) is 4.98 Å². The molecule has 1 aliphatic heterocycles. The van der Waals surface area contributed by atoms with Gasteiger partial charge in [0.25, 0.3) is 0 Å². The van der Waals surface area contributed by atoms with Crippen molar-refractivity contribution in [2.24, 2.45) is 0 Å². The van der Waals surface area contributed by atoms with Gasteiger partial charge in [-0.25, -0.2) is 4.98 Å². The molecule has 0 amide bonds.